The first-order valence-corrected chi connectivity index (χ1v) is 7.91. The van der Waals surface area contributed by atoms with E-state index in [0.29, 0.717) is 10.8 Å². The third-order valence-corrected chi connectivity index (χ3v) is 4.73. The Hall–Kier alpha value is -1.55. The highest BCUT2D eigenvalue weighted by Gasteiger charge is 2.23. The highest BCUT2D eigenvalue weighted by atomic mass is 32.1. The fourth-order valence-corrected chi connectivity index (χ4v) is 3.32. The second-order valence-corrected chi connectivity index (χ2v) is 6.48. The molecule has 20 heavy (non-hydrogen) atoms. The molecule has 2 aromatic rings. The molecule has 4 heteroatoms. The molecule has 0 atom stereocenters. The molecule has 0 amide bonds. The van der Waals surface area contributed by atoms with Crippen LogP contribution in [0.2, 0.25) is 0 Å². The normalized spacial score (nSPS) is 15.3. The maximum Gasteiger partial charge on any atom is 0.206 e. The van der Waals surface area contributed by atoms with E-state index in [-0.39, 0.29) is 11.7 Å². The van der Waals surface area contributed by atoms with Crippen LogP contribution in [-0.2, 0) is 0 Å². The largest absolute Gasteiger partial charge is 0.288 e. The van der Waals surface area contributed by atoms with Gasteiger partial charge in [-0.3, -0.25) is 4.79 Å². The molecular formula is C16H18N2OS. The van der Waals surface area contributed by atoms with Gasteiger partial charge in [-0.05, 0) is 47.8 Å². The molecular weight excluding hydrogens is 268 g/mol. The van der Waals surface area contributed by atoms with Gasteiger partial charge in [0.2, 0.25) is 5.78 Å². The topological polar surface area (TPSA) is 42.9 Å². The molecule has 3 nitrogen and oxygen atoms in total. The maximum absolute atomic E-state index is 12.6. The quantitative estimate of drug-likeness (QED) is 0.793. The minimum Gasteiger partial charge on any atom is -0.288 e. The van der Waals surface area contributed by atoms with E-state index in [1.807, 2.05) is 26.0 Å². The van der Waals surface area contributed by atoms with Crippen LogP contribution in [0, 0.1) is 0 Å². The zero-order valence-electron chi connectivity index (χ0n) is 11.8. The van der Waals surface area contributed by atoms with E-state index >= 15 is 0 Å². The Bertz CT molecular complexity index is 629. The first-order valence-electron chi connectivity index (χ1n) is 7.13. The Morgan fingerprint density at radius 3 is 2.80 bits per heavy atom. The van der Waals surface area contributed by atoms with Crippen LogP contribution in [-0.4, -0.2) is 15.4 Å². The molecule has 3 rings (SSSR count). The molecule has 1 aromatic carbocycles. The predicted molar refractivity (Wildman–Crippen MR) is 80.5 cm³/mol. The van der Waals surface area contributed by atoms with Crippen LogP contribution in [0.1, 0.15) is 71.4 Å². The van der Waals surface area contributed by atoms with Crippen molar-refractivity contribution in [1.29, 1.82) is 0 Å². The van der Waals surface area contributed by atoms with Crippen molar-refractivity contribution in [2.24, 2.45) is 0 Å². The Morgan fingerprint density at radius 1 is 1.35 bits per heavy atom. The number of hydrogen-bond donors (Lipinski definition) is 0. The summed E-state index contributed by atoms with van der Waals surface area (Å²) in [7, 11) is 0. The Labute approximate surface area is 123 Å². The molecule has 104 valence electrons. The maximum atomic E-state index is 12.6. The third kappa shape index (κ3) is 2.40. The van der Waals surface area contributed by atoms with Gasteiger partial charge in [0, 0.05) is 5.56 Å². The molecule has 0 bridgehead atoms. The van der Waals surface area contributed by atoms with Gasteiger partial charge in [0.25, 0.3) is 0 Å². The molecule has 1 fully saturated rings. The number of nitrogens with zero attached hydrogens (tertiary/aromatic N) is 2. The van der Waals surface area contributed by atoms with Gasteiger partial charge in [0.05, 0.1) is 5.69 Å². The van der Waals surface area contributed by atoms with Crippen molar-refractivity contribution in [3.05, 3.63) is 46.0 Å². The molecule has 1 heterocycles. The summed E-state index contributed by atoms with van der Waals surface area (Å²) in [5, 5.41) is 4.09. The van der Waals surface area contributed by atoms with Gasteiger partial charge in [-0.1, -0.05) is 43.0 Å². The van der Waals surface area contributed by atoms with Crippen LogP contribution in [0.5, 0.6) is 0 Å². The molecule has 0 N–H and O–H groups in total. The lowest BCUT2D eigenvalue weighted by Gasteiger charge is -2.26. The van der Waals surface area contributed by atoms with Crippen molar-refractivity contribution in [2.45, 2.75) is 44.9 Å². The van der Waals surface area contributed by atoms with E-state index in [1.165, 1.54) is 36.4 Å². The number of carbonyl (C=O) groups is 1. The monoisotopic (exact) mass is 286 g/mol. The second kappa shape index (κ2) is 5.44. The average molecular weight is 286 g/mol. The van der Waals surface area contributed by atoms with Crippen molar-refractivity contribution < 1.29 is 4.79 Å². The first kappa shape index (κ1) is 13.4. The van der Waals surface area contributed by atoms with Crippen LogP contribution in [0.3, 0.4) is 0 Å². The fraction of sp³-hybridized carbons (Fsp3) is 0.438. The van der Waals surface area contributed by atoms with E-state index in [4.69, 9.17) is 0 Å². The molecule has 0 spiro atoms. The second-order valence-electron chi connectivity index (χ2n) is 5.72. The van der Waals surface area contributed by atoms with Gasteiger partial charge >= 0.3 is 0 Å². The summed E-state index contributed by atoms with van der Waals surface area (Å²) < 4.78 is 3.95. The third-order valence-electron chi connectivity index (χ3n) is 3.99. The van der Waals surface area contributed by atoms with Crippen LogP contribution in [0.15, 0.2) is 24.3 Å². The lowest BCUT2D eigenvalue weighted by Crippen LogP contribution is -2.10. The van der Waals surface area contributed by atoms with E-state index in [9.17, 15) is 4.79 Å². The molecule has 1 saturated carbocycles. The highest BCUT2D eigenvalue weighted by Crippen LogP contribution is 2.36. The van der Waals surface area contributed by atoms with Crippen molar-refractivity contribution >= 4 is 17.3 Å². The standard InChI is InChI=1S/C16H18N2OS/c1-10(2)14-16(20-18-17-14)15(19)13-8-4-7-12(9-13)11-5-3-6-11/h4,7-11H,3,5-6H2,1-2H3. The van der Waals surface area contributed by atoms with Crippen molar-refractivity contribution in [3.63, 3.8) is 0 Å². The Kier molecular flexibility index (Phi) is 3.66. The van der Waals surface area contributed by atoms with E-state index in [1.54, 1.807) is 0 Å². The van der Waals surface area contributed by atoms with Crippen molar-refractivity contribution in [1.82, 2.24) is 9.59 Å². The summed E-state index contributed by atoms with van der Waals surface area (Å²) in [6, 6.07) is 8.07. The van der Waals surface area contributed by atoms with Crippen LogP contribution in [0.25, 0.3) is 0 Å². The summed E-state index contributed by atoms with van der Waals surface area (Å²) in [6.45, 7) is 4.08. The number of hydrogen-bond acceptors (Lipinski definition) is 4. The van der Waals surface area contributed by atoms with Gasteiger partial charge in [0.15, 0.2) is 0 Å². The molecule has 1 aliphatic carbocycles. The molecule has 0 aliphatic heterocycles. The number of carbonyl (C=O) groups excluding carboxylic acids is 1. The first-order chi connectivity index (χ1) is 9.66. The summed E-state index contributed by atoms with van der Waals surface area (Å²) in [4.78, 5) is 13.3. The molecule has 0 saturated heterocycles. The lowest BCUT2D eigenvalue weighted by molar-refractivity contribution is 0.104. The van der Waals surface area contributed by atoms with Gasteiger partial charge in [0.1, 0.15) is 4.88 Å². The summed E-state index contributed by atoms with van der Waals surface area (Å²) in [5.41, 5.74) is 2.88. The fourth-order valence-electron chi connectivity index (χ4n) is 2.54. The SMILES string of the molecule is CC(C)c1nnsc1C(=O)c1cccc(C2CCC2)c1. The van der Waals surface area contributed by atoms with E-state index in [0.717, 1.165) is 11.3 Å². The average Bonchev–Trinajstić information content (AvgIpc) is 2.85. The number of rotatable bonds is 4. The van der Waals surface area contributed by atoms with Gasteiger partial charge in [-0.2, -0.15) is 0 Å². The minimum atomic E-state index is 0.0601. The van der Waals surface area contributed by atoms with Crippen molar-refractivity contribution in [3.8, 4) is 0 Å². The minimum absolute atomic E-state index is 0.0601. The molecule has 0 unspecified atom stereocenters. The highest BCUT2D eigenvalue weighted by molar-refractivity contribution is 7.08. The molecule has 1 aromatic heterocycles. The zero-order chi connectivity index (χ0) is 14.1. The smallest absolute Gasteiger partial charge is 0.206 e. The van der Waals surface area contributed by atoms with E-state index in [2.05, 4.69) is 21.7 Å². The Balaban J connectivity index is 1.91. The summed E-state index contributed by atoms with van der Waals surface area (Å²) >= 11 is 1.20. The number of benzene rings is 1. The summed E-state index contributed by atoms with van der Waals surface area (Å²) in [5.74, 6) is 0.930. The van der Waals surface area contributed by atoms with Crippen LogP contribution >= 0.6 is 11.5 Å². The predicted octanol–water partition coefficient (Wildman–Crippen LogP) is 4.16. The van der Waals surface area contributed by atoms with Crippen LogP contribution in [0.4, 0.5) is 0 Å². The van der Waals surface area contributed by atoms with E-state index < -0.39 is 0 Å². The van der Waals surface area contributed by atoms with Gasteiger partial charge in [-0.25, -0.2) is 0 Å². The number of aromatic nitrogens is 2. The Morgan fingerprint density at radius 2 is 2.15 bits per heavy atom. The van der Waals surface area contributed by atoms with Crippen molar-refractivity contribution in [2.75, 3.05) is 0 Å². The van der Waals surface area contributed by atoms with Gasteiger partial charge in [-0.15, -0.1) is 5.10 Å². The lowest BCUT2D eigenvalue weighted by atomic mass is 9.79. The van der Waals surface area contributed by atoms with Gasteiger partial charge < -0.3 is 0 Å². The number of ketones is 1. The van der Waals surface area contributed by atoms with Crippen LogP contribution < -0.4 is 0 Å². The molecule has 0 radical (unpaired) electrons. The zero-order valence-corrected chi connectivity index (χ0v) is 12.6. The summed E-state index contributed by atoms with van der Waals surface area (Å²) in [6.07, 6.45) is 3.80. The molecule has 1 aliphatic rings.